The summed E-state index contributed by atoms with van der Waals surface area (Å²) in [5, 5.41) is 10.9. The van der Waals surface area contributed by atoms with Crippen LogP contribution < -0.4 is 0 Å². The Balaban J connectivity index is 2.16. The van der Waals surface area contributed by atoms with Crippen molar-refractivity contribution in [1.82, 2.24) is 0 Å². The van der Waals surface area contributed by atoms with Crippen LogP contribution in [0.2, 0.25) is 0 Å². The molecule has 0 saturated heterocycles. The molecule has 0 radical (unpaired) electrons. The van der Waals surface area contributed by atoms with Crippen LogP contribution in [0.3, 0.4) is 0 Å². The van der Waals surface area contributed by atoms with Gasteiger partial charge >= 0.3 is 0 Å². The first-order chi connectivity index (χ1) is 8.50. The molecular formula is C13H20S4. The molecular weight excluding hydrogens is 284 g/mol. The molecule has 1 aliphatic heterocycles. The summed E-state index contributed by atoms with van der Waals surface area (Å²) in [5.74, 6) is 4.87. The summed E-state index contributed by atoms with van der Waals surface area (Å²) in [6, 6.07) is 0. The van der Waals surface area contributed by atoms with Gasteiger partial charge in [-0.15, -0.1) is 23.5 Å². The quantitative estimate of drug-likeness (QED) is 0.559. The van der Waals surface area contributed by atoms with E-state index in [4.69, 9.17) is 0 Å². The van der Waals surface area contributed by atoms with E-state index in [0.717, 1.165) is 0 Å². The lowest BCUT2D eigenvalue weighted by Crippen LogP contribution is -1.82. The van der Waals surface area contributed by atoms with E-state index in [9.17, 15) is 0 Å². The average Bonchev–Trinajstić information content (AvgIpc) is 2.35. The van der Waals surface area contributed by atoms with Crippen molar-refractivity contribution in [2.45, 2.75) is 32.1 Å². The molecule has 1 aliphatic rings. The van der Waals surface area contributed by atoms with Crippen LogP contribution in [-0.2, 0) is 0 Å². The van der Waals surface area contributed by atoms with Crippen molar-refractivity contribution in [3.05, 3.63) is 10.8 Å². The molecule has 0 fully saturated rings. The molecule has 96 valence electrons. The molecule has 0 spiro atoms. The average molecular weight is 305 g/mol. The van der Waals surface area contributed by atoms with Crippen molar-refractivity contribution in [2.75, 3.05) is 23.0 Å². The largest absolute Gasteiger partial charge is 0.134 e. The van der Waals surface area contributed by atoms with E-state index in [-0.39, 0.29) is 0 Å². The van der Waals surface area contributed by atoms with E-state index < -0.39 is 0 Å². The maximum Gasteiger partial charge on any atom is 0.00649 e. The lowest BCUT2D eigenvalue weighted by atomic mass is 10.2. The second kappa shape index (κ2) is 13.1. The lowest BCUT2D eigenvalue weighted by molar-refractivity contribution is 0.712. The molecule has 0 unspecified atom stereocenters. The topological polar surface area (TPSA) is 0 Å². The molecule has 1 heterocycles. The Morgan fingerprint density at radius 2 is 1.12 bits per heavy atom. The molecule has 0 atom stereocenters. The summed E-state index contributed by atoms with van der Waals surface area (Å²) < 4.78 is 0. The third-order valence-electron chi connectivity index (χ3n) is 2.20. The molecule has 0 aromatic rings. The van der Waals surface area contributed by atoms with E-state index in [0.29, 0.717) is 0 Å². The van der Waals surface area contributed by atoms with Crippen LogP contribution in [-0.4, -0.2) is 23.0 Å². The SMILES string of the molecule is C1#CSCCCS/C=C\SCCCCCCS1. The van der Waals surface area contributed by atoms with Crippen molar-refractivity contribution in [2.24, 2.45) is 0 Å². The van der Waals surface area contributed by atoms with Crippen molar-refractivity contribution in [1.29, 1.82) is 0 Å². The maximum absolute atomic E-state index is 3.18. The molecule has 4 heteroatoms. The van der Waals surface area contributed by atoms with Crippen molar-refractivity contribution in [3.8, 4) is 10.5 Å². The van der Waals surface area contributed by atoms with Gasteiger partial charge in [0.05, 0.1) is 0 Å². The van der Waals surface area contributed by atoms with Gasteiger partial charge in [0.25, 0.3) is 0 Å². The van der Waals surface area contributed by atoms with Crippen LogP contribution >= 0.6 is 47.0 Å². The molecule has 0 bridgehead atoms. The molecule has 0 aromatic carbocycles. The van der Waals surface area contributed by atoms with Crippen molar-refractivity contribution >= 4 is 47.0 Å². The van der Waals surface area contributed by atoms with Crippen LogP contribution in [0.5, 0.6) is 0 Å². The summed E-state index contributed by atoms with van der Waals surface area (Å²) in [7, 11) is 0. The van der Waals surface area contributed by atoms with Crippen LogP contribution in [0.25, 0.3) is 0 Å². The van der Waals surface area contributed by atoms with Crippen molar-refractivity contribution < 1.29 is 0 Å². The van der Waals surface area contributed by atoms with Gasteiger partial charge < -0.3 is 0 Å². The van der Waals surface area contributed by atoms with E-state index in [1.807, 2.05) is 23.5 Å². The van der Waals surface area contributed by atoms with E-state index >= 15 is 0 Å². The Labute approximate surface area is 123 Å². The summed E-state index contributed by atoms with van der Waals surface area (Å²) in [6.07, 6.45) is 6.66. The minimum Gasteiger partial charge on any atom is -0.134 e. The Kier molecular flexibility index (Phi) is 12.2. The second-order valence-corrected chi connectivity index (χ2v) is 7.51. The fourth-order valence-electron chi connectivity index (χ4n) is 1.30. The van der Waals surface area contributed by atoms with Gasteiger partial charge in [0.2, 0.25) is 0 Å². The normalized spacial score (nSPS) is 23.1. The van der Waals surface area contributed by atoms with Crippen LogP contribution in [0.4, 0.5) is 0 Å². The van der Waals surface area contributed by atoms with Gasteiger partial charge in [-0.2, -0.15) is 0 Å². The Morgan fingerprint density at radius 1 is 0.588 bits per heavy atom. The van der Waals surface area contributed by atoms with Gasteiger partial charge in [0.1, 0.15) is 0 Å². The van der Waals surface area contributed by atoms with Gasteiger partial charge in [0.15, 0.2) is 0 Å². The van der Waals surface area contributed by atoms with Gasteiger partial charge in [-0.1, -0.05) is 36.4 Å². The zero-order valence-corrected chi connectivity index (χ0v) is 13.4. The zero-order chi connectivity index (χ0) is 12.0. The molecule has 0 nitrogen and oxygen atoms in total. The lowest BCUT2D eigenvalue weighted by Gasteiger charge is -1.98. The number of thioether (sulfide) groups is 4. The van der Waals surface area contributed by atoms with Gasteiger partial charge in [-0.25, -0.2) is 0 Å². The monoisotopic (exact) mass is 304 g/mol. The van der Waals surface area contributed by atoms with E-state index in [1.165, 1.54) is 55.1 Å². The van der Waals surface area contributed by atoms with Crippen LogP contribution in [0.15, 0.2) is 10.8 Å². The summed E-state index contributed by atoms with van der Waals surface area (Å²) in [6.45, 7) is 0. The summed E-state index contributed by atoms with van der Waals surface area (Å²) in [4.78, 5) is 0. The predicted molar refractivity (Wildman–Crippen MR) is 89.8 cm³/mol. The highest BCUT2D eigenvalue weighted by molar-refractivity contribution is 8.07. The zero-order valence-electron chi connectivity index (χ0n) is 10.2. The third-order valence-corrected chi connectivity index (χ3v) is 5.69. The fourth-order valence-corrected chi connectivity index (χ4v) is 4.38. The molecule has 0 amide bonds. The first-order valence-corrected chi connectivity index (χ1v) is 10.2. The first-order valence-electron chi connectivity index (χ1n) is 6.12. The Hall–Kier alpha value is 0.700. The smallest absolute Gasteiger partial charge is 0.00649 e. The minimum absolute atomic E-state index is 1.17. The van der Waals surface area contributed by atoms with E-state index in [2.05, 4.69) is 21.3 Å². The Bertz CT molecular complexity index is 252. The van der Waals surface area contributed by atoms with E-state index in [1.54, 1.807) is 23.5 Å². The highest BCUT2D eigenvalue weighted by atomic mass is 32.2. The minimum atomic E-state index is 1.17. The molecule has 17 heavy (non-hydrogen) atoms. The summed E-state index contributed by atoms with van der Waals surface area (Å²) >= 11 is 7.44. The highest BCUT2D eigenvalue weighted by Gasteiger charge is 1.91. The molecule has 0 N–H and O–H groups in total. The predicted octanol–water partition coefficient (Wildman–Crippen LogP) is 5.27. The maximum atomic E-state index is 3.18. The molecule has 0 aromatic heterocycles. The van der Waals surface area contributed by atoms with Crippen LogP contribution in [0, 0.1) is 10.5 Å². The highest BCUT2D eigenvalue weighted by Crippen LogP contribution is 2.15. The third kappa shape index (κ3) is 11.5. The number of rotatable bonds is 0. The standard InChI is InChI=1S/C13H20S4/c1-2-4-7-15-11-13-17-9-5-8-16-12-10-14-6-3-1/h10,12H,1-9H2/b12-10-. The van der Waals surface area contributed by atoms with Crippen LogP contribution in [0.1, 0.15) is 32.1 Å². The number of hydrogen-bond acceptors (Lipinski definition) is 4. The first kappa shape index (κ1) is 15.8. The summed E-state index contributed by atoms with van der Waals surface area (Å²) in [5.41, 5.74) is 0. The molecule has 1 rings (SSSR count). The van der Waals surface area contributed by atoms with Gasteiger partial charge in [0, 0.05) is 11.5 Å². The Morgan fingerprint density at radius 3 is 1.82 bits per heavy atom. The number of hydrogen-bond donors (Lipinski definition) is 0. The fraction of sp³-hybridized carbons (Fsp3) is 0.692. The van der Waals surface area contributed by atoms with Gasteiger partial charge in [-0.05, 0) is 52.1 Å². The molecule has 0 saturated carbocycles. The van der Waals surface area contributed by atoms with Crippen molar-refractivity contribution in [3.63, 3.8) is 0 Å². The molecule has 0 aliphatic carbocycles. The second-order valence-electron chi connectivity index (χ2n) is 3.68. The van der Waals surface area contributed by atoms with Gasteiger partial charge in [-0.3, -0.25) is 0 Å².